The molecular weight excluding hydrogens is 1490 g/mol. The monoisotopic (exact) mass is 1570 g/mol. The molecule has 8 N–H and O–H groups in total. The number of aromatic carboxylic acids is 4. The number of carboxylic acids is 4. The molecule has 4 atom stereocenters. The van der Waals surface area contributed by atoms with Crippen LogP contribution in [0.2, 0.25) is 0 Å². The molecule has 30 heteroatoms. The standard InChI is InChI=1S/2C22H21N3O5.2C21H19N3O4/c1-28-16-5-2-4-15(13-16)24-22-23-10-9-18(25-22)14-7-8-19(17(12-14)21(26)27)30-20-6-3-11-29-20;1-28-16-4-2-3-15(12-16)24-22-23-9-7-19(25-22)14-5-6-20(18(11-14)21(26)27)30-17-8-10-29-13-17;2*25-20(26)17-12-14(6-7-19(17)28-16-9-11-27-13-16)18-8-10-22-21(24-18)23-15-4-2-1-3-5-15/h2,4-5,7-10,12-13,20H,3,6,11H2,1H3,(H,26,27)(H,23,24,25);2-7,9,11-12,17H,8,10,13H2,1H3,(H,26,27)(H,23,24,25);2*1-8,10,12,16H,9,11,13H2,(H,25,26)(H,22,23,24)/t20-;17-;2*16-/m0110/s1. The van der Waals surface area contributed by atoms with Crippen molar-refractivity contribution in [1.29, 1.82) is 0 Å². The molecule has 4 aliphatic rings. The third-order valence-electron chi connectivity index (χ3n) is 18.0. The minimum Gasteiger partial charge on any atom is -0.497 e. The Kier molecular flexibility index (Phi) is 27.1. The number of methoxy groups -OCH3 is 2. The van der Waals surface area contributed by atoms with Gasteiger partial charge in [-0.15, -0.1) is 0 Å². The van der Waals surface area contributed by atoms with Crippen molar-refractivity contribution in [3.05, 3.63) is 253 Å². The van der Waals surface area contributed by atoms with E-state index in [0.717, 1.165) is 54.9 Å². The Labute approximate surface area is 665 Å². The lowest BCUT2D eigenvalue weighted by molar-refractivity contribution is -0.0395. The number of nitrogens with zero attached hydrogens (tertiary/aromatic N) is 8. The maximum atomic E-state index is 11.8. The predicted molar refractivity (Wildman–Crippen MR) is 429 cm³/mol. The second kappa shape index (κ2) is 39.3. The van der Waals surface area contributed by atoms with Crippen LogP contribution in [-0.4, -0.2) is 169 Å². The van der Waals surface area contributed by atoms with E-state index in [1.54, 1.807) is 136 Å². The van der Waals surface area contributed by atoms with Gasteiger partial charge in [-0.1, -0.05) is 48.5 Å². The summed E-state index contributed by atoms with van der Waals surface area (Å²) in [7, 11) is 3.20. The van der Waals surface area contributed by atoms with E-state index in [-0.39, 0.29) is 46.3 Å². The fraction of sp³-hybridized carbons (Fsp3) is 0.209. The quantitative estimate of drug-likeness (QED) is 0.0250. The van der Waals surface area contributed by atoms with Crippen molar-refractivity contribution in [1.82, 2.24) is 39.9 Å². The van der Waals surface area contributed by atoms with E-state index >= 15 is 0 Å². The van der Waals surface area contributed by atoms with Crippen LogP contribution in [0.5, 0.6) is 34.5 Å². The molecule has 4 fully saturated rings. The van der Waals surface area contributed by atoms with Gasteiger partial charge in [-0.05, 0) is 152 Å². The van der Waals surface area contributed by atoms with Crippen LogP contribution in [0.15, 0.2) is 231 Å². The van der Waals surface area contributed by atoms with Gasteiger partial charge < -0.3 is 89.1 Å². The summed E-state index contributed by atoms with van der Waals surface area (Å²) in [6.07, 6.45) is 9.60. The van der Waals surface area contributed by atoms with Gasteiger partial charge in [-0.2, -0.15) is 0 Å². The van der Waals surface area contributed by atoms with E-state index in [2.05, 4.69) is 61.1 Å². The molecule has 0 saturated carbocycles. The van der Waals surface area contributed by atoms with Crippen molar-refractivity contribution in [3.63, 3.8) is 0 Å². The molecule has 0 amide bonds. The molecule has 116 heavy (non-hydrogen) atoms. The summed E-state index contributed by atoms with van der Waals surface area (Å²) < 4.78 is 54.9. The highest BCUT2D eigenvalue weighted by Crippen LogP contribution is 2.35. The Morgan fingerprint density at radius 2 is 0.655 bits per heavy atom. The van der Waals surface area contributed by atoms with Crippen LogP contribution < -0.4 is 49.7 Å². The maximum absolute atomic E-state index is 11.8. The van der Waals surface area contributed by atoms with Crippen molar-refractivity contribution in [3.8, 4) is 79.5 Å². The first-order valence-electron chi connectivity index (χ1n) is 36.9. The number of carboxylic acid groups (broad SMARTS) is 4. The largest absolute Gasteiger partial charge is 0.497 e. The average Bonchev–Trinajstić information content (AvgIpc) is 0.962. The molecule has 0 bridgehead atoms. The van der Waals surface area contributed by atoms with Crippen LogP contribution in [0.4, 0.5) is 46.5 Å². The first-order valence-corrected chi connectivity index (χ1v) is 36.9. The topological polar surface area (TPSA) is 393 Å². The number of hydrogen-bond acceptors (Lipinski definition) is 26. The normalized spacial score (nSPS) is 15.7. The van der Waals surface area contributed by atoms with Crippen LogP contribution in [0.3, 0.4) is 0 Å². The minimum atomic E-state index is -1.08. The highest BCUT2D eigenvalue weighted by molar-refractivity contribution is 5.95. The van der Waals surface area contributed by atoms with Gasteiger partial charge in [0.1, 0.15) is 75.1 Å². The zero-order valence-corrected chi connectivity index (χ0v) is 62.8. The number of para-hydroxylation sites is 2. The van der Waals surface area contributed by atoms with E-state index < -0.39 is 30.2 Å². The summed E-state index contributed by atoms with van der Waals surface area (Å²) >= 11 is 0. The molecule has 592 valence electrons. The van der Waals surface area contributed by atoms with Crippen LogP contribution in [-0.2, 0) is 18.9 Å². The van der Waals surface area contributed by atoms with Gasteiger partial charge in [0.2, 0.25) is 23.8 Å². The van der Waals surface area contributed by atoms with E-state index in [1.165, 1.54) is 0 Å². The first kappa shape index (κ1) is 79.9. The third kappa shape index (κ3) is 22.1. The van der Waals surface area contributed by atoms with Gasteiger partial charge >= 0.3 is 23.9 Å². The van der Waals surface area contributed by atoms with Crippen LogP contribution in [0.25, 0.3) is 45.0 Å². The predicted octanol–water partition coefficient (Wildman–Crippen LogP) is 15.4. The molecule has 0 radical (unpaired) electrons. The smallest absolute Gasteiger partial charge is 0.339 e. The fourth-order valence-corrected chi connectivity index (χ4v) is 12.3. The SMILES string of the molecule is COc1cccc(Nc2nccc(-c3ccc(O[C@@H]4CCOC4)c(C(=O)O)c3)n2)c1.COc1cccc(Nc2nccc(-c3ccc(O[C@H]4CCCO4)c(C(=O)O)c3)n2)c1.O=C(O)c1cc(-c2ccnc(Nc3ccccc3)n2)ccc1O[C@@H]1CCOC1.O=C(O)c1cc(-c2ccnc(Nc3ccccc3)n2)ccc1O[C@H]1CCOC1. The van der Waals surface area contributed by atoms with Crippen molar-refractivity contribution in [2.24, 2.45) is 0 Å². The summed E-state index contributed by atoms with van der Waals surface area (Å²) in [6, 6.07) is 61.0. The molecule has 12 aromatic rings. The molecule has 0 unspecified atom stereocenters. The Morgan fingerprint density at radius 1 is 0.345 bits per heavy atom. The molecule has 8 heterocycles. The summed E-state index contributed by atoms with van der Waals surface area (Å²) in [5.41, 5.74) is 8.68. The number of nitrogens with one attached hydrogen (secondary N) is 4. The molecule has 4 aromatic heterocycles. The summed E-state index contributed by atoms with van der Waals surface area (Å²) in [6.45, 7) is 3.91. The second-order valence-electron chi connectivity index (χ2n) is 26.2. The average molecular weight is 1570 g/mol. The molecular formula is C86H80N12O18. The number of aromatic nitrogens is 8. The number of benzene rings is 8. The van der Waals surface area contributed by atoms with Crippen LogP contribution in [0, 0.1) is 0 Å². The third-order valence-corrected chi connectivity index (χ3v) is 18.0. The van der Waals surface area contributed by atoms with E-state index in [0.29, 0.717) is 144 Å². The molecule has 16 rings (SSSR count). The van der Waals surface area contributed by atoms with Crippen molar-refractivity contribution >= 4 is 70.4 Å². The van der Waals surface area contributed by atoms with E-state index in [4.69, 9.17) is 47.4 Å². The number of carbonyl (C=O) groups is 4. The van der Waals surface area contributed by atoms with Gasteiger partial charge in [-0.25, -0.2) is 59.0 Å². The van der Waals surface area contributed by atoms with Gasteiger partial charge in [0.25, 0.3) is 0 Å². The van der Waals surface area contributed by atoms with Crippen molar-refractivity contribution in [2.75, 3.05) is 81.7 Å². The van der Waals surface area contributed by atoms with Crippen molar-refractivity contribution in [2.45, 2.75) is 56.7 Å². The number of rotatable bonds is 26. The summed E-state index contributed by atoms with van der Waals surface area (Å²) in [4.78, 5) is 82.0. The molecule has 4 saturated heterocycles. The zero-order chi connectivity index (χ0) is 80.5. The highest BCUT2D eigenvalue weighted by Gasteiger charge is 2.27. The summed E-state index contributed by atoms with van der Waals surface area (Å²) in [5, 5.41) is 51.0. The zero-order valence-electron chi connectivity index (χ0n) is 62.8. The number of anilines is 8. The lowest BCUT2D eigenvalue weighted by atomic mass is 10.1. The van der Waals surface area contributed by atoms with Gasteiger partial charge in [0.05, 0.1) is 83.2 Å². The molecule has 30 nitrogen and oxygen atoms in total. The van der Waals surface area contributed by atoms with Crippen LogP contribution >= 0.6 is 0 Å². The number of hydrogen-bond donors (Lipinski definition) is 8. The summed E-state index contributed by atoms with van der Waals surface area (Å²) in [5.74, 6) is 0.114. The Hall–Kier alpha value is -14.2. The molecule has 0 spiro atoms. The van der Waals surface area contributed by atoms with E-state index in [9.17, 15) is 39.6 Å². The van der Waals surface area contributed by atoms with Gasteiger partial charge in [0.15, 0.2) is 6.29 Å². The molecule has 8 aromatic carbocycles. The maximum Gasteiger partial charge on any atom is 0.339 e. The fourth-order valence-electron chi connectivity index (χ4n) is 12.3. The first-order chi connectivity index (χ1) is 56.6. The van der Waals surface area contributed by atoms with Gasteiger partial charge in [0, 0.05) is 108 Å². The Balaban J connectivity index is 0.000000135. The van der Waals surface area contributed by atoms with Gasteiger partial charge in [-0.3, -0.25) is 0 Å². The van der Waals surface area contributed by atoms with Crippen LogP contribution in [0.1, 0.15) is 73.5 Å². The Bertz CT molecular complexity index is 5030. The second-order valence-corrected chi connectivity index (χ2v) is 26.2. The minimum absolute atomic E-state index is 0.0592. The molecule has 0 aliphatic carbocycles. The Morgan fingerprint density at radius 3 is 0.940 bits per heavy atom. The highest BCUT2D eigenvalue weighted by atomic mass is 16.7. The lowest BCUT2D eigenvalue weighted by Crippen LogP contribution is -2.17. The lowest BCUT2D eigenvalue weighted by Gasteiger charge is -2.15. The van der Waals surface area contributed by atoms with Crippen molar-refractivity contribution < 1.29 is 87.0 Å². The molecule has 4 aliphatic heterocycles. The number of ether oxygens (including phenoxy) is 10. The van der Waals surface area contributed by atoms with E-state index in [1.807, 2.05) is 109 Å².